The van der Waals surface area contributed by atoms with Gasteiger partial charge >= 0.3 is 12.1 Å². The van der Waals surface area contributed by atoms with Gasteiger partial charge in [-0.15, -0.1) is 0 Å². The van der Waals surface area contributed by atoms with E-state index < -0.39 is 29.0 Å². The fourth-order valence-electron chi connectivity index (χ4n) is 2.84. The van der Waals surface area contributed by atoms with Crippen LogP contribution in [0.1, 0.15) is 38.3 Å². The average molecular weight is 309 g/mol. The zero-order valence-electron chi connectivity index (χ0n) is 13.1. The summed E-state index contributed by atoms with van der Waals surface area (Å²) in [5, 5.41) is 9.75. The van der Waals surface area contributed by atoms with E-state index in [9.17, 15) is 19.1 Å². The van der Waals surface area contributed by atoms with E-state index in [1.165, 1.54) is 19.2 Å². The first-order valence-corrected chi connectivity index (χ1v) is 7.07. The van der Waals surface area contributed by atoms with Crippen molar-refractivity contribution in [3.05, 3.63) is 35.1 Å². The molecule has 0 spiro atoms. The van der Waals surface area contributed by atoms with Gasteiger partial charge in [0.2, 0.25) is 0 Å². The number of carboxylic acids is 1. The number of amides is 1. The van der Waals surface area contributed by atoms with Crippen LogP contribution in [0.4, 0.5) is 9.18 Å². The number of nitrogens with zero attached hydrogens (tertiary/aromatic N) is 1. The Kier molecular flexibility index (Phi) is 3.89. The van der Waals surface area contributed by atoms with E-state index >= 15 is 0 Å². The quantitative estimate of drug-likeness (QED) is 0.912. The Morgan fingerprint density at radius 2 is 2.00 bits per heavy atom. The fraction of sp³-hybridized carbons (Fsp3) is 0.500. The minimum Gasteiger partial charge on any atom is -0.479 e. The van der Waals surface area contributed by atoms with Crippen molar-refractivity contribution in [1.29, 1.82) is 0 Å². The Hall–Kier alpha value is -2.11. The largest absolute Gasteiger partial charge is 0.479 e. The molecule has 22 heavy (non-hydrogen) atoms. The Bertz CT molecular complexity index is 623. The third-order valence-electron chi connectivity index (χ3n) is 3.89. The van der Waals surface area contributed by atoms with E-state index in [0.717, 1.165) is 4.90 Å². The summed E-state index contributed by atoms with van der Waals surface area (Å²) in [6.07, 6.45) is -0.359. The standard InChI is InChI=1S/C16H20FNO4/c1-15(2,3)22-14(21)18(4)16(13(19)20)9-8-10-11(16)6-5-7-12(10)17/h5-7H,8-9H2,1-4H3,(H,19,20). The monoisotopic (exact) mass is 309 g/mol. The molecule has 1 atom stereocenters. The summed E-state index contributed by atoms with van der Waals surface area (Å²) in [5.41, 5.74) is -1.68. The Morgan fingerprint density at radius 3 is 2.55 bits per heavy atom. The first kappa shape index (κ1) is 16.3. The van der Waals surface area contributed by atoms with E-state index in [1.54, 1.807) is 26.8 Å². The van der Waals surface area contributed by atoms with Crippen molar-refractivity contribution in [2.45, 2.75) is 44.8 Å². The number of benzene rings is 1. The predicted molar refractivity (Wildman–Crippen MR) is 78.0 cm³/mol. The van der Waals surface area contributed by atoms with E-state index in [-0.39, 0.29) is 12.8 Å². The molecule has 0 saturated carbocycles. The highest BCUT2D eigenvalue weighted by Crippen LogP contribution is 2.42. The SMILES string of the molecule is CN(C(=O)OC(C)(C)C)C1(C(=O)O)CCc2c(F)cccc21. The van der Waals surface area contributed by atoms with Crippen molar-refractivity contribution in [3.8, 4) is 0 Å². The van der Waals surface area contributed by atoms with Crippen LogP contribution in [0.25, 0.3) is 0 Å². The van der Waals surface area contributed by atoms with Crippen LogP contribution in [-0.2, 0) is 21.5 Å². The van der Waals surface area contributed by atoms with Crippen molar-refractivity contribution in [2.75, 3.05) is 7.05 Å². The molecule has 5 nitrogen and oxygen atoms in total. The number of carboxylic acid groups (broad SMARTS) is 1. The lowest BCUT2D eigenvalue weighted by Gasteiger charge is -2.36. The second-order valence-corrected chi connectivity index (χ2v) is 6.47. The molecule has 0 aromatic heterocycles. The van der Waals surface area contributed by atoms with Gasteiger partial charge in [-0.1, -0.05) is 12.1 Å². The summed E-state index contributed by atoms with van der Waals surface area (Å²) in [6, 6.07) is 4.31. The van der Waals surface area contributed by atoms with Crippen LogP contribution in [0.5, 0.6) is 0 Å². The minimum atomic E-state index is -1.60. The molecular formula is C16H20FNO4. The molecule has 6 heteroatoms. The van der Waals surface area contributed by atoms with Gasteiger partial charge in [-0.3, -0.25) is 4.90 Å². The van der Waals surface area contributed by atoms with Gasteiger partial charge in [-0.05, 0) is 50.8 Å². The zero-order valence-corrected chi connectivity index (χ0v) is 13.1. The molecule has 0 fully saturated rings. The third kappa shape index (κ3) is 2.53. The molecule has 0 saturated heterocycles. The van der Waals surface area contributed by atoms with Crippen LogP contribution in [0.3, 0.4) is 0 Å². The minimum absolute atomic E-state index is 0.119. The van der Waals surface area contributed by atoms with Crippen molar-refractivity contribution in [1.82, 2.24) is 4.90 Å². The predicted octanol–water partition coefficient (Wildman–Crippen LogP) is 2.92. The van der Waals surface area contributed by atoms with Crippen molar-refractivity contribution in [2.24, 2.45) is 0 Å². The molecular weight excluding hydrogens is 289 g/mol. The van der Waals surface area contributed by atoms with E-state index in [2.05, 4.69) is 0 Å². The number of hydrogen-bond donors (Lipinski definition) is 1. The Labute approximate surface area is 128 Å². The van der Waals surface area contributed by atoms with Gasteiger partial charge in [0.15, 0.2) is 5.54 Å². The number of ether oxygens (including phenoxy) is 1. The number of fused-ring (bicyclic) bond motifs is 1. The van der Waals surface area contributed by atoms with E-state index in [4.69, 9.17) is 4.74 Å². The molecule has 0 bridgehead atoms. The Morgan fingerprint density at radius 1 is 1.36 bits per heavy atom. The maximum absolute atomic E-state index is 13.9. The smallest absolute Gasteiger partial charge is 0.411 e. The van der Waals surface area contributed by atoms with Crippen molar-refractivity contribution >= 4 is 12.1 Å². The van der Waals surface area contributed by atoms with Gasteiger partial charge in [-0.25, -0.2) is 14.0 Å². The highest BCUT2D eigenvalue weighted by molar-refractivity contribution is 5.87. The molecule has 0 heterocycles. The van der Waals surface area contributed by atoms with Gasteiger partial charge < -0.3 is 9.84 Å². The van der Waals surface area contributed by atoms with Gasteiger partial charge in [-0.2, -0.15) is 0 Å². The van der Waals surface area contributed by atoms with Crippen LogP contribution in [0.2, 0.25) is 0 Å². The molecule has 2 rings (SSSR count). The number of likely N-dealkylation sites (N-methyl/N-ethyl adjacent to an activating group) is 1. The maximum atomic E-state index is 13.9. The topological polar surface area (TPSA) is 66.8 Å². The summed E-state index contributed by atoms with van der Waals surface area (Å²) in [5.74, 6) is -1.64. The second-order valence-electron chi connectivity index (χ2n) is 6.47. The summed E-state index contributed by atoms with van der Waals surface area (Å²) in [7, 11) is 1.38. The molecule has 1 N–H and O–H groups in total. The molecule has 120 valence electrons. The molecule has 1 aromatic rings. The summed E-state index contributed by atoms with van der Waals surface area (Å²) in [6.45, 7) is 5.11. The van der Waals surface area contributed by atoms with Gasteiger partial charge in [0.25, 0.3) is 0 Å². The number of halogens is 1. The normalized spacial score (nSPS) is 20.4. The summed E-state index contributed by atoms with van der Waals surface area (Å²) >= 11 is 0. The molecule has 1 aliphatic carbocycles. The number of carbonyl (C=O) groups excluding carboxylic acids is 1. The third-order valence-corrected chi connectivity index (χ3v) is 3.89. The molecule has 0 aliphatic heterocycles. The van der Waals surface area contributed by atoms with Crippen molar-refractivity contribution in [3.63, 3.8) is 0 Å². The maximum Gasteiger partial charge on any atom is 0.411 e. The highest BCUT2D eigenvalue weighted by atomic mass is 19.1. The lowest BCUT2D eigenvalue weighted by molar-refractivity contribution is -0.151. The van der Waals surface area contributed by atoms with Crippen LogP contribution >= 0.6 is 0 Å². The van der Waals surface area contributed by atoms with Gasteiger partial charge in [0.05, 0.1) is 0 Å². The molecule has 1 amide bonds. The number of hydrogen-bond acceptors (Lipinski definition) is 3. The summed E-state index contributed by atoms with van der Waals surface area (Å²) in [4.78, 5) is 25.3. The van der Waals surface area contributed by atoms with Gasteiger partial charge in [0, 0.05) is 7.05 Å². The van der Waals surface area contributed by atoms with E-state index in [0.29, 0.717) is 11.1 Å². The number of aliphatic carboxylic acids is 1. The molecule has 1 unspecified atom stereocenters. The lowest BCUT2D eigenvalue weighted by Crippen LogP contribution is -2.52. The zero-order chi connectivity index (χ0) is 16.7. The number of carbonyl (C=O) groups is 2. The first-order valence-electron chi connectivity index (χ1n) is 7.07. The highest BCUT2D eigenvalue weighted by Gasteiger charge is 2.52. The van der Waals surface area contributed by atoms with Gasteiger partial charge in [0.1, 0.15) is 11.4 Å². The molecule has 1 aromatic carbocycles. The van der Waals surface area contributed by atoms with Crippen LogP contribution < -0.4 is 0 Å². The van der Waals surface area contributed by atoms with E-state index in [1.807, 2.05) is 0 Å². The Balaban J connectivity index is 2.47. The van der Waals surface area contributed by atoms with Crippen LogP contribution in [-0.4, -0.2) is 34.7 Å². The first-order chi connectivity index (χ1) is 10.1. The van der Waals surface area contributed by atoms with Crippen LogP contribution in [0.15, 0.2) is 18.2 Å². The van der Waals surface area contributed by atoms with Crippen molar-refractivity contribution < 1.29 is 23.8 Å². The molecule has 0 radical (unpaired) electrons. The number of rotatable bonds is 2. The fourth-order valence-corrected chi connectivity index (χ4v) is 2.84. The average Bonchev–Trinajstić information content (AvgIpc) is 2.77. The van der Waals surface area contributed by atoms with Crippen LogP contribution in [0, 0.1) is 5.82 Å². The molecule has 1 aliphatic rings. The lowest BCUT2D eigenvalue weighted by atomic mass is 9.90. The second kappa shape index (κ2) is 5.26. The summed E-state index contributed by atoms with van der Waals surface area (Å²) < 4.78 is 19.2.